The summed E-state index contributed by atoms with van der Waals surface area (Å²) in [5.74, 6) is -1.09. The fourth-order valence-corrected chi connectivity index (χ4v) is 3.94. The Bertz CT molecular complexity index is 451. The maximum atomic E-state index is 12.3. The van der Waals surface area contributed by atoms with Crippen molar-refractivity contribution in [3.8, 4) is 0 Å². The first-order valence-corrected chi connectivity index (χ1v) is 11.3. The monoisotopic (exact) mass is 331 g/mol. The molecule has 0 unspecified atom stereocenters. The third-order valence-electron chi connectivity index (χ3n) is 4.49. The van der Waals surface area contributed by atoms with Gasteiger partial charge in [-0.2, -0.15) is 0 Å². The van der Waals surface area contributed by atoms with Gasteiger partial charge in [-0.3, -0.25) is 4.90 Å². The van der Waals surface area contributed by atoms with Crippen LogP contribution in [-0.4, -0.2) is 73.3 Å². The molecule has 1 amide bonds. The number of hydrogen-bond donors (Lipinski definition) is 2. The summed E-state index contributed by atoms with van der Waals surface area (Å²) in [5, 5.41) is 19.9. The highest BCUT2D eigenvalue weighted by Gasteiger charge is 2.61. The molecule has 1 aliphatic carbocycles. The lowest BCUT2D eigenvalue weighted by Crippen LogP contribution is -2.58. The molecule has 0 aromatic carbocycles. The van der Waals surface area contributed by atoms with Crippen molar-refractivity contribution in [3.63, 3.8) is 0 Å². The van der Waals surface area contributed by atoms with E-state index in [1.165, 1.54) is 12.0 Å². The molecule has 0 spiro atoms. The number of ether oxygens (including phenoxy) is 2. The van der Waals surface area contributed by atoms with Gasteiger partial charge in [-0.05, 0) is 12.5 Å². The van der Waals surface area contributed by atoms with E-state index in [-0.39, 0.29) is 0 Å². The number of methoxy groups -OCH3 is 1. The highest BCUT2D eigenvalue weighted by molar-refractivity contribution is 6.76. The van der Waals surface area contributed by atoms with Gasteiger partial charge in [0.05, 0.1) is 25.9 Å². The smallest absolute Gasteiger partial charge is 0.410 e. The molecule has 1 saturated heterocycles. The Balaban J connectivity index is 2.07. The molecule has 0 radical (unpaired) electrons. The Morgan fingerprint density at radius 2 is 1.86 bits per heavy atom. The van der Waals surface area contributed by atoms with Gasteiger partial charge >= 0.3 is 12.1 Å². The average Bonchev–Trinajstić information content (AvgIpc) is 2.94. The van der Waals surface area contributed by atoms with E-state index in [1.54, 1.807) is 0 Å². The van der Waals surface area contributed by atoms with Gasteiger partial charge in [-0.15, -0.1) is 0 Å². The van der Waals surface area contributed by atoms with Gasteiger partial charge in [0.15, 0.2) is 0 Å². The van der Waals surface area contributed by atoms with E-state index in [0.29, 0.717) is 13.0 Å². The van der Waals surface area contributed by atoms with Crippen molar-refractivity contribution in [1.82, 2.24) is 4.90 Å². The van der Waals surface area contributed by atoms with Crippen molar-refractivity contribution in [3.05, 3.63) is 0 Å². The van der Waals surface area contributed by atoms with Crippen molar-refractivity contribution in [2.75, 3.05) is 13.7 Å². The zero-order valence-electron chi connectivity index (χ0n) is 13.5. The van der Waals surface area contributed by atoms with Crippen molar-refractivity contribution >= 4 is 20.1 Å². The number of carbonyl (C=O) groups is 2. The molecule has 5 atom stereocenters. The number of hydrogen-bond acceptors (Lipinski definition) is 6. The lowest BCUT2D eigenvalue weighted by atomic mass is 9.95. The van der Waals surface area contributed by atoms with Crippen molar-refractivity contribution in [2.24, 2.45) is 5.92 Å². The molecule has 0 aromatic rings. The Kier molecular flexibility index (Phi) is 4.83. The van der Waals surface area contributed by atoms with Crippen LogP contribution in [0, 0.1) is 5.92 Å². The van der Waals surface area contributed by atoms with Crippen molar-refractivity contribution in [2.45, 2.75) is 56.4 Å². The molecule has 2 bridgehead atoms. The number of amides is 1. The molecule has 0 aromatic heterocycles. The van der Waals surface area contributed by atoms with Gasteiger partial charge in [-0.25, -0.2) is 9.59 Å². The van der Waals surface area contributed by atoms with Crippen LogP contribution in [-0.2, 0) is 14.3 Å². The maximum Gasteiger partial charge on any atom is 0.410 e. The summed E-state index contributed by atoms with van der Waals surface area (Å²) in [7, 11) is -0.0852. The van der Waals surface area contributed by atoms with E-state index >= 15 is 0 Å². The Morgan fingerprint density at radius 3 is 2.41 bits per heavy atom. The number of rotatable bonds is 4. The molecule has 2 aliphatic rings. The van der Waals surface area contributed by atoms with Gasteiger partial charge in [0.2, 0.25) is 0 Å². The lowest BCUT2D eigenvalue weighted by molar-refractivity contribution is -0.153. The van der Waals surface area contributed by atoms with Crippen LogP contribution in [0.3, 0.4) is 0 Å². The first-order valence-electron chi connectivity index (χ1n) is 7.56. The zero-order valence-corrected chi connectivity index (χ0v) is 14.5. The van der Waals surface area contributed by atoms with Gasteiger partial charge in [0.25, 0.3) is 0 Å². The van der Waals surface area contributed by atoms with Gasteiger partial charge in [0, 0.05) is 14.0 Å². The fraction of sp³-hybridized carbons (Fsp3) is 0.857. The minimum Gasteiger partial charge on any atom is -0.467 e. The Hall–Kier alpha value is -1.12. The number of nitrogens with zero attached hydrogens (tertiary/aromatic N) is 1. The molecule has 1 aliphatic heterocycles. The number of piperidine rings is 1. The first kappa shape index (κ1) is 17.2. The molecule has 126 valence electrons. The van der Waals surface area contributed by atoms with Crippen LogP contribution in [0.1, 0.15) is 6.42 Å². The SMILES string of the molecule is COC(=O)[C@H]1[C@H]2C[C@H]([C@H](O)[C@@H]2O)N1C(=O)OCC[Si](C)(C)C. The summed E-state index contributed by atoms with van der Waals surface area (Å²) in [5.41, 5.74) is 0. The summed E-state index contributed by atoms with van der Waals surface area (Å²) in [6.07, 6.45) is -2.30. The summed E-state index contributed by atoms with van der Waals surface area (Å²) in [6.45, 7) is 6.83. The number of aliphatic hydroxyl groups excluding tert-OH is 2. The fourth-order valence-electron chi connectivity index (χ4n) is 3.22. The number of likely N-dealkylation sites (tertiary alicyclic amines) is 1. The second-order valence-electron chi connectivity index (χ2n) is 7.25. The van der Waals surface area contributed by atoms with Crippen LogP contribution < -0.4 is 0 Å². The summed E-state index contributed by atoms with van der Waals surface area (Å²) in [6, 6.07) is -0.648. The number of esters is 1. The van der Waals surface area contributed by atoms with E-state index in [0.717, 1.165) is 6.04 Å². The van der Waals surface area contributed by atoms with Crippen LogP contribution in [0.25, 0.3) is 0 Å². The van der Waals surface area contributed by atoms with Crippen LogP contribution in [0.5, 0.6) is 0 Å². The van der Waals surface area contributed by atoms with E-state index in [4.69, 9.17) is 9.47 Å². The molecule has 8 heteroatoms. The molecular weight excluding hydrogens is 306 g/mol. The largest absolute Gasteiger partial charge is 0.467 e. The molecule has 1 saturated carbocycles. The number of carbonyl (C=O) groups excluding carboxylic acids is 2. The highest BCUT2D eigenvalue weighted by Crippen LogP contribution is 2.43. The van der Waals surface area contributed by atoms with Crippen LogP contribution in [0.4, 0.5) is 4.79 Å². The Labute approximate surface area is 131 Å². The summed E-state index contributed by atoms with van der Waals surface area (Å²) in [4.78, 5) is 25.5. The zero-order chi connectivity index (χ0) is 16.7. The highest BCUT2D eigenvalue weighted by atomic mass is 28.3. The summed E-state index contributed by atoms with van der Waals surface area (Å²) < 4.78 is 10.0. The number of aliphatic hydroxyl groups is 2. The van der Waals surface area contributed by atoms with Crippen LogP contribution in [0.15, 0.2) is 0 Å². The van der Waals surface area contributed by atoms with Crippen molar-refractivity contribution in [1.29, 1.82) is 0 Å². The molecular formula is C14H25NO6Si. The molecule has 2 N–H and O–H groups in total. The molecule has 1 heterocycles. The van der Waals surface area contributed by atoms with E-state index in [2.05, 4.69) is 19.6 Å². The third kappa shape index (κ3) is 3.13. The molecule has 7 nitrogen and oxygen atoms in total. The molecule has 2 fully saturated rings. The predicted octanol–water partition coefficient (Wildman–Crippen LogP) is 0.429. The minimum absolute atomic E-state index is 0.301. The Morgan fingerprint density at radius 1 is 1.23 bits per heavy atom. The quantitative estimate of drug-likeness (QED) is 0.573. The van der Waals surface area contributed by atoms with Gasteiger partial charge < -0.3 is 19.7 Å². The maximum absolute atomic E-state index is 12.3. The lowest BCUT2D eigenvalue weighted by Gasteiger charge is -2.37. The number of fused-ring (bicyclic) bond motifs is 2. The van der Waals surface area contributed by atoms with Crippen LogP contribution in [0.2, 0.25) is 25.7 Å². The van der Waals surface area contributed by atoms with E-state index in [9.17, 15) is 19.8 Å². The normalized spacial score (nSPS) is 33.9. The standard InChI is InChI=1S/C14H25NO6Si/c1-20-13(18)10-8-7-9(12(17)11(8)16)15(10)14(19)21-5-6-22(2,3)4/h8-12,16-17H,5-7H2,1-4H3/t8-,9-,10-,11-,12+/m1/s1. The van der Waals surface area contributed by atoms with Gasteiger partial charge in [-0.1, -0.05) is 19.6 Å². The van der Waals surface area contributed by atoms with Gasteiger partial charge in [0.1, 0.15) is 12.1 Å². The first-order chi connectivity index (χ1) is 10.2. The minimum atomic E-state index is -1.33. The second kappa shape index (κ2) is 6.17. The predicted molar refractivity (Wildman–Crippen MR) is 81.1 cm³/mol. The third-order valence-corrected chi connectivity index (χ3v) is 6.19. The molecule has 22 heavy (non-hydrogen) atoms. The summed E-state index contributed by atoms with van der Waals surface area (Å²) >= 11 is 0. The van der Waals surface area contributed by atoms with Crippen molar-refractivity contribution < 1.29 is 29.3 Å². The molecule has 2 rings (SSSR count). The second-order valence-corrected chi connectivity index (χ2v) is 12.9. The average molecular weight is 331 g/mol. The topological polar surface area (TPSA) is 96.3 Å². The van der Waals surface area contributed by atoms with E-state index < -0.39 is 50.3 Å². The van der Waals surface area contributed by atoms with E-state index in [1.807, 2.05) is 0 Å². The van der Waals surface area contributed by atoms with Crippen LogP contribution >= 0.6 is 0 Å².